The molecule has 0 radical (unpaired) electrons. The molecule has 0 atom stereocenters. The second kappa shape index (κ2) is 7.55. The molecular formula is C25H25N3O. The van der Waals surface area contributed by atoms with Crippen LogP contribution in [0.2, 0.25) is 0 Å². The lowest BCUT2D eigenvalue weighted by Crippen LogP contribution is -2.28. The first-order valence-electron chi connectivity index (χ1n) is 9.81. The fourth-order valence-corrected chi connectivity index (χ4v) is 3.54. The molecular weight excluding hydrogens is 358 g/mol. The molecule has 4 heteroatoms. The molecule has 2 aromatic heterocycles. The standard InChI is InChI=1S/C25H25N3O/c1-17-12-13-28-22(16-24(29)27(4)21-8-6-5-7-9-21)25(26-23(28)14-17)20-11-10-18(2)19(3)15-20/h5-15H,16H2,1-4H3. The molecule has 0 fully saturated rings. The highest BCUT2D eigenvalue weighted by atomic mass is 16.2. The third-order valence-electron chi connectivity index (χ3n) is 5.50. The number of imidazole rings is 1. The van der Waals surface area contributed by atoms with Gasteiger partial charge < -0.3 is 9.30 Å². The molecule has 1 amide bonds. The van der Waals surface area contributed by atoms with Crippen molar-refractivity contribution in [1.82, 2.24) is 9.38 Å². The fraction of sp³-hybridized carbons (Fsp3) is 0.200. The van der Waals surface area contributed by atoms with Crippen molar-refractivity contribution < 1.29 is 4.79 Å². The first-order valence-corrected chi connectivity index (χ1v) is 9.81. The molecule has 2 heterocycles. The first kappa shape index (κ1) is 18.9. The summed E-state index contributed by atoms with van der Waals surface area (Å²) in [5.74, 6) is 0.0312. The maximum Gasteiger partial charge on any atom is 0.232 e. The average molecular weight is 383 g/mol. The Balaban J connectivity index is 1.79. The number of likely N-dealkylation sites (N-methyl/N-ethyl adjacent to an activating group) is 1. The van der Waals surface area contributed by atoms with Crippen LogP contribution < -0.4 is 4.90 Å². The maximum atomic E-state index is 13.1. The molecule has 4 rings (SSSR count). The highest BCUT2D eigenvalue weighted by molar-refractivity contribution is 5.95. The third kappa shape index (κ3) is 3.66. The van der Waals surface area contributed by atoms with E-state index >= 15 is 0 Å². The Morgan fingerprint density at radius 2 is 1.72 bits per heavy atom. The number of anilines is 1. The number of carbonyl (C=O) groups is 1. The van der Waals surface area contributed by atoms with Gasteiger partial charge in [0.05, 0.1) is 17.8 Å². The van der Waals surface area contributed by atoms with Crippen LogP contribution in [0.5, 0.6) is 0 Å². The molecule has 0 aliphatic rings. The monoisotopic (exact) mass is 383 g/mol. The van der Waals surface area contributed by atoms with E-state index in [2.05, 4.69) is 45.0 Å². The number of pyridine rings is 1. The molecule has 0 saturated heterocycles. The van der Waals surface area contributed by atoms with Gasteiger partial charge in [-0.2, -0.15) is 0 Å². The number of carbonyl (C=O) groups excluding carboxylic acids is 1. The molecule has 146 valence electrons. The largest absolute Gasteiger partial charge is 0.315 e. The predicted molar refractivity (Wildman–Crippen MR) is 118 cm³/mol. The van der Waals surface area contributed by atoms with Crippen LogP contribution in [0.4, 0.5) is 5.69 Å². The topological polar surface area (TPSA) is 37.6 Å². The van der Waals surface area contributed by atoms with Crippen LogP contribution in [0.15, 0.2) is 66.9 Å². The van der Waals surface area contributed by atoms with Gasteiger partial charge in [0.25, 0.3) is 0 Å². The van der Waals surface area contributed by atoms with E-state index in [1.807, 2.05) is 54.0 Å². The van der Waals surface area contributed by atoms with Crippen molar-refractivity contribution in [3.05, 3.63) is 89.2 Å². The smallest absolute Gasteiger partial charge is 0.232 e. The number of aryl methyl sites for hydroxylation is 3. The van der Waals surface area contributed by atoms with Crippen LogP contribution in [-0.4, -0.2) is 22.3 Å². The van der Waals surface area contributed by atoms with E-state index in [1.54, 1.807) is 4.90 Å². The van der Waals surface area contributed by atoms with Crippen molar-refractivity contribution in [1.29, 1.82) is 0 Å². The van der Waals surface area contributed by atoms with Crippen LogP contribution in [-0.2, 0) is 11.2 Å². The van der Waals surface area contributed by atoms with Crippen LogP contribution in [0.25, 0.3) is 16.9 Å². The fourth-order valence-electron chi connectivity index (χ4n) is 3.54. The SMILES string of the molecule is Cc1ccn2c(CC(=O)N(C)c3ccccc3)c(-c3ccc(C)c(C)c3)nc2c1. The number of nitrogens with zero attached hydrogens (tertiary/aromatic N) is 3. The van der Waals surface area contributed by atoms with Gasteiger partial charge in [0.2, 0.25) is 5.91 Å². The quantitative estimate of drug-likeness (QED) is 0.490. The van der Waals surface area contributed by atoms with Gasteiger partial charge in [-0.3, -0.25) is 4.79 Å². The summed E-state index contributed by atoms with van der Waals surface area (Å²) >= 11 is 0. The molecule has 0 aliphatic heterocycles. The van der Waals surface area contributed by atoms with Crippen molar-refractivity contribution in [2.24, 2.45) is 0 Å². The number of aromatic nitrogens is 2. The Morgan fingerprint density at radius 1 is 0.966 bits per heavy atom. The van der Waals surface area contributed by atoms with Gasteiger partial charge >= 0.3 is 0 Å². The lowest BCUT2D eigenvalue weighted by Gasteiger charge is -2.17. The van der Waals surface area contributed by atoms with Gasteiger partial charge in [-0.25, -0.2) is 4.98 Å². The van der Waals surface area contributed by atoms with Crippen LogP contribution >= 0.6 is 0 Å². The summed E-state index contributed by atoms with van der Waals surface area (Å²) in [5.41, 5.74) is 8.18. The zero-order chi connectivity index (χ0) is 20.5. The Labute approximate surface area is 171 Å². The van der Waals surface area contributed by atoms with E-state index < -0.39 is 0 Å². The molecule has 2 aromatic carbocycles. The van der Waals surface area contributed by atoms with E-state index in [0.29, 0.717) is 0 Å². The molecule has 4 aromatic rings. The van der Waals surface area contributed by atoms with Gasteiger partial charge in [0.1, 0.15) is 5.65 Å². The van der Waals surface area contributed by atoms with Crippen molar-refractivity contribution in [3.8, 4) is 11.3 Å². The molecule has 0 N–H and O–H groups in total. The lowest BCUT2D eigenvalue weighted by atomic mass is 10.0. The lowest BCUT2D eigenvalue weighted by molar-refractivity contribution is -0.117. The summed E-state index contributed by atoms with van der Waals surface area (Å²) < 4.78 is 2.04. The van der Waals surface area contributed by atoms with Gasteiger partial charge in [0.15, 0.2) is 0 Å². The Hall–Kier alpha value is -3.40. The minimum atomic E-state index is 0.0312. The molecule has 0 saturated carbocycles. The predicted octanol–water partition coefficient (Wildman–Crippen LogP) is 5.13. The minimum Gasteiger partial charge on any atom is -0.315 e. The normalized spacial score (nSPS) is 11.0. The number of hydrogen-bond donors (Lipinski definition) is 0. The van der Waals surface area contributed by atoms with E-state index in [-0.39, 0.29) is 12.3 Å². The minimum absolute atomic E-state index is 0.0312. The van der Waals surface area contributed by atoms with Crippen LogP contribution in [0.1, 0.15) is 22.4 Å². The number of benzene rings is 2. The molecule has 0 aliphatic carbocycles. The van der Waals surface area contributed by atoms with Gasteiger partial charge in [-0.1, -0.05) is 30.3 Å². The molecule has 0 unspecified atom stereocenters. The van der Waals surface area contributed by atoms with Crippen molar-refractivity contribution >= 4 is 17.2 Å². The maximum absolute atomic E-state index is 13.1. The summed E-state index contributed by atoms with van der Waals surface area (Å²) in [7, 11) is 1.82. The van der Waals surface area contributed by atoms with Crippen molar-refractivity contribution in [2.45, 2.75) is 27.2 Å². The van der Waals surface area contributed by atoms with Crippen molar-refractivity contribution in [2.75, 3.05) is 11.9 Å². The zero-order valence-corrected chi connectivity index (χ0v) is 17.3. The van der Waals surface area contributed by atoms with Gasteiger partial charge in [-0.15, -0.1) is 0 Å². The van der Waals surface area contributed by atoms with E-state index in [4.69, 9.17) is 4.98 Å². The Kier molecular flexibility index (Phi) is 4.93. The Bertz CT molecular complexity index is 1190. The third-order valence-corrected chi connectivity index (χ3v) is 5.50. The van der Waals surface area contributed by atoms with Crippen molar-refractivity contribution in [3.63, 3.8) is 0 Å². The van der Waals surface area contributed by atoms with Crippen LogP contribution in [0, 0.1) is 20.8 Å². The summed E-state index contributed by atoms with van der Waals surface area (Å²) in [6, 6.07) is 20.2. The number of amides is 1. The van der Waals surface area contributed by atoms with E-state index in [0.717, 1.165) is 33.8 Å². The summed E-state index contributed by atoms with van der Waals surface area (Å²) in [5, 5.41) is 0. The van der Waals surface area contributed by atoms with E-state index in [1.165, 1.54) is 11.1 Å². The molecule has 0 spiro atoms. The number of para-hydroxylation sites is 1. The summed E-state index contributed by atoms with van der Waals surface area (Å²) in [6.45, 7) is 6.26. The number of fused-ring (bicyclic) bond motifs is 1. The molecule has 29 heavy (non-hydrogen) atoms. The Morgan fingerprint density at radius 3 is 2.45 bits per heavy atom. The number of hydrogen-bond acceptors (Lipinski definition) is 2. The molecule has 0 bridgehead atoms. The summed E-state index contributed by atoms with van der Waals surface area (Å²) in [4.78, 5) is 19.7. The second-order valence-corrected chi connectivity index (χ2v) is 7.60. The number of rotatable bonds is 4. The first-order chi connectivity index (χ1) is 13.9. The highest BCUT2D eigenvalue weighted by Crippen LogP contribution is 2.28. The second-order valence-electron chi connectivity index (χ2n) is 7.60. The van der Waals surface area contributed by atoms with Crippen LogP contribution in [0.3, 0.4) is 0 Å². The molecule has 4 nitrogen and oxygen atoms in total. The highest BCUT2D eigenvalue weighted by Gasteiger charge is 2.20. The van der Waals surface area contributed by atoms with Gasteiger partial charge in [-0.05, 0) is 67.8 Å². The van der Waals surface area contributed by atoms with E-state index in [9.17, 15) is 4.79 Å². The summed E-state index contributed by atoms with van der Waals surface area (Å²) in [6.07, 6.45) is 2.28. The average Bonchev–Trinajstić information content (AvgIpc) is 3.07. The van der Waals surface area contributed by atoms with Gasteiger partial charge in [0, 0.05) is 24.5 Å². The zero-order valence-electron chi connectivity index (χ0n) is 17.3.